The van der Waals surface area contributed by atoms with Gasteiger partial charge in [0.15, 0.2) is 0 Å². The molecule has 2 heterocycles. The van der Waals surface area contributed by atoms with E-state index < -0.39 is 5.97 Å². The van der Waals surface area contributed by atoms with Gasteiger partial charge in [0.2, 0.25) is 0 Å². The summed E-state index contributed by atoms with van der Waals surface area (Å²) in [5, 5.41) is 8.54. The molecule has 1 aromatic heterocycles. The molecule has 96 valence electrons. The summed E-state index contributed by atoms with van der Waals surface area (Å²) in [4.78, 5) is 26.0. The van der Waals surface area contributed by atoms with Crippen molar-refractivity contribution in [3.63, 3.8) is 0 Å². The fraction of sp³-hybridized carbons (Fsp3) is 0.385. The Kier molecular flexibility index (Phi) is 3.81. The Balaban J connectivity index is 2.10. The van der Waals surface area contributed by atoms with Gasteiger partial charge in [-0.2, -0.15) is 0 Å². The van der Waals surface area contributed by atoms with Crippen molar-refractivity contribution in [3.8, 4) is 0 Å². The van der Waals surface area contributed by atoms with E-state index in [0.29, 0.717) is 10.9 Å². The molecule has 1 atom stereocenters. The lowest BCUT2D eigenvalue weighted by molar-refractivity contribution is -0.131. The van der Waals surface area contributed by atoms with E-state index in [0.717, 1.165) is 30.3 Å². The largest absolute Gasteiger partial charge is 0.478 e. The Morgan fingerprint density at radius 2 is 2.28 bits per heavy atom. The van der Waals surface area contributed by atoms with Gasteiger partial charge in [-0.3, -0.25) is 4.79 Å². The third-order valence-corrected chi connectivity index (χ3v) is 4.08. The Morgan fingerprint density at radius 3 is 2.89 bits per heavy atom. The average molecular weight is 265 g/mol. The fourth-order valence-corrected chi connectivity index (χ4v) is 2.95. The van der Waals surface area contributed by atoms with Crippen molar-refractivity contribution in [2.24, 2.45) is 0 Å². The van der Waals surface area contributed by atoms with Gasteiger partial charge in [-0.1, -0.05) is 0 Å². The van der Waals surface area contributed by atoms with E-state index in [1.165, 1.54) is 17.4 Å². The van der Waals surface area contributed by atoms with Crippen molar-refractivity contribution >= 4 is 29.3 Å². The maximum atomic E-state index is 12.2. The molecule has 0 radical (unpaired) electrons. The zero-order chi connectivity index (χ0) is 13.1. The molecule has 4 nitrogen and oxygen atoms in total. The minimum atomic E-state index is -0.982. The van der Waals surface area contributed by atoms with Crippen LogP contribution in [0.3, 0.4) is 0 Å². The highest BCUT2D eigenvalue weighted by molar-refractivity contribution is 7.14. The number of carboxylic acid groups (broad SMARTS) is 1. The summed E-state index contributed by atoms with van der Waals surface area (Å²) >= 11 is 1.33. The summed E-state index contributed by atoms with van der Waals surface area (Å²) < 4.78 is 0. The van der Waals surface area contributed by atoms with Crippen LogP contribution in [0.2, 0.25) is 0 Å². The first kappa shape index (κ1) is 12.8. The van der Waals surface area contributed by atoms with E-state index >= 15 is 0 Å². The van der Waals surface area contributed by atoms with E-state index in [-0.39, 0.29) is 5.91 Å². The van der Waals surface area contributed by atoms with Crippen molar-refractivity contribution in [1.82, 2.24) is 4.90 Å². The number of carboxylic acids is 1. The van der Waals surface area contributed by atoms with Crippen LogP contribution < -0.4 is 0 Å². The third-order valence-electron chi connectivity index (χ3n) is 3.04. The molecule has 0 aliphatic carbocycles. The van der Waals surface area contributed by atoms with Gasteiger partial charge in [-0.15, -0.1) is 11.3 Å². The first-order valence-electron chi connectivity index (χ1n) is 5.90. The lowest BCUT2D eigenvalue weighted by Gasteiger charge is -2.20. The molecule has 1 unspecified atom stereocenters. The van der Waals surface area contributed by atoms with E-state index in [1.807, 2.05) is 4.90 Å². The van der Waals surface area contributed by atoms with Gasteiger partial charge in [-0.25, -0.2) is 4.79 Å². The van der Waals surface area contributed by atoms with Crippen LogP contribution in [0.5, 0.6) is 0 Å². The quantitative estimate of drug-likeness (QED) is 0.854. The summed E-state index contributed by atoms with van der Waals surface area (Å²) in [6, 6.07) is 3.84. The monoisotopic (exact) mass is 265 g/mol. The molecular formula is C13H15NO3S. The molecule has 1 saturated heterocycles. The second-order valence-electron chi connectivity index (χ2n) is 4.36. The summed E-state index contributed by atoms with van der Waals surface area (Å²) in [6.45, 7) is 2.88. The Hall–Kier alpha value is -1.62. The Morgan fingerprint density at radius 1 is 1.50 bits per heavy atom. The molecule has 0 saturated carbocycles. The predicted octanol–water partition coefficient (Wildman–Crippen LogP) is 2.47. The molecule has 1 aliphatic rings. The van der Waals surface area contributed by atoms with Crippen molar-refractivity contribution < 1.29 is 14.7 Å². The van der Waals surface area contributed by atoms with E-state index in [1.54, 1.807) is 12.1 Å². The molecule has 0 spiro atoms. The molecule has 1 amide bonds. The first-order valence-corrected chi connectivity index (χ1v) is 6.71. The van der Waals surface area contributed by atoms with Gasteiger partial charge in [0.05, 0.1) is 4.88 Å². The normalized spacial score (nSPS) is 19.6. The molecule has 5 heteroatoms. The zero-order valence-corrected chi connectivity index (χ0v) is 10.9. The lowest BCUT2D eigenvalue weighted by atomic mass is 10.2. The van der Waals surface area contributed by atoms with Crippen LogP contribution >= 0.6 is 11.3 Å². The molecule has 1 aliphatic heterocycles. The number of rotatable bonds is 3. The molecule has 1 aromatic rings. The summed E-state index contributed by atoms with van der Waals surface area (Å²) in [5.74, 6) is -0.926. The molecule has 18 heavy (non-hydrogen) atoms. The SMILES string of the molecule is CC1CCCN1C(=O)c1ccc(C=CC(=O)O)s1. The molecule has 0 aromatic carbocycles. The summed E-state index contributed by atoms with van der Waals surface area (Å²) in [6.07, 6.45) is 4.71. The number of likely N-dealkylation sites (tertiary alicyclic amines) is 1. The lowest BCUT2D eigenvalue weighted by Crippen LogP contribution is -2.32. The van der Waals surface area contributed by atoms with Crippen LogP contribution in [-0.4, -0.2) is 34.5 Å². The van der Waals surface area contributed by atoms with E-state index in [9.17, 15) is 9.59 Å². The molecule has 2 rings (SSSR count). The number of hydrogen-bond acceptors (Lipinski definition) is 3. The van der Waals surface area contributed by atoms with Gasteiger partial charge < -0.3 is 10.0 Å². The molecular weight excluding hydrogens is 250 g/mol. The minimum Gasteiger partial charge on any atom is -0.478 e. The zero-order valence-electron chi connectivity index (χ0n) is 10.1. The fourth-order valence-electron chi connectivity index (χ4n) is 2.09. The van der Waals surface area contributed by atoms with Crippen LogP contribution in [0.4, 0.5) is 0 Å². The van der Waals surface area contributed by atoms with E-state index in [2.05, 4.69) is 6.92 Å². The van der Waals surface area contributed by atoms with Crippen molar-refractivity contribution in [2.45, 2.75) is 25.8 Å². The highest BCUT2D eigenvalue weighted by atomic mass is 32.1. The highest BCUT2D eigenvalue weighted by Gasteiger charge is 2.26. The van der Waals surface area contributed by atoms with Gasteiger partial charge in [0.25, 0.3) is 5.91 Å². The average Bonchev–Trinajstić information content (AvgIpc) is 2.94. The number of carbonyl (C=O) groups excluding carboxylic acids is 1. The third kappa shape index (κ3) is 2.79. The standard InChI is InChI=1S/C13H15NO3S/c1-9-3-2-8-14(9)13(17)11-6-4-10(18-11)5-7-12(15)16/h4-7,9H,2-3,8H2,1H3,(H,15,16). The number of amides is 1. The first-order chi connectivity index (χ1) is 8.58. The summed E-state index contributed by atoms with van der Waals surface area (Å²) in [7, 11) is 0. The number of aliphatic carboxylic acids is 1. The highest BCUT2D eigenvalue weighted by Crippen LogP contribution is 2.24. The summed E-state index contributed by atoms with van der Waals surface area (Å²) in [5.41, 5.74) is 0. The Bertz CT molecular complexity index is 492. The minimum absolute atomic E-state index is 0.0555. The number of hydrogen-bond donors (Lipinski definition) is 1. The van der Waals surface area contributed by atoms with Crippen molar-refractivity contribution in [3.05, 3.63) is 28.0 Å². The maximum absolute atomic E-state index is 12.2. The van der Waals surface area contributed by atoms with Gasteiger partial charge in [-0.05, 0) is 38.0 Å². The van der Waals surface area contributed by atoms with Crippen LogP contribution in [0.25, 0.3) is 6.08 Å². The van der Waals surface area contributed by atoms with Crippen LogP contribution in [-0.2, 0) is 4.79 Å². The number of thiophene rings is 1. The predicted molar refractivity (Wildman–Crippen MR) is 70.7 cm³/mol. The van der Waals surface area contributed by atoms with Gasteiger partial charge in [0.1, 0.15) is 0 Å². The Labute approximate surface area is 110 Å². The molecule has 0 bridgehead atoms. The van der Waals surface area contributed by atoms with Crippen LogP contribution in [0.1, 0.15) is 34.3 Å². The number of nitrogens with zero attached hydrogens (tertiary/aromatic N) is 1. The van der Waals surface area contributed by atoms with E-state index in [4.69, 9.17) is 5.11 Å². The second kappa shape index (κ2) is 5.35. The van der Waals surface area contributed by atoms with Crippen LogP contribution in [0, 0.1) is 0 Å². The molecule has 1 fully saturated rings. The van der Waals surface area contributed by atoms with Crippen molar-refractivity contribution in [1.29, 1.82) is 0 Å². The maximum Gasteiger partial charge on any atom is 0.328 e. The number of carbonyl (C=O) groups is 2. The molecule has 1 N–H and O–H groups in total. The van der Waals surface area contributed by atoms with Gasteiger partial charge in [0, 0.05) is 23.5 Å². The van der Waals surface area contributed by atoms with Gasteiger partial charge >= 0.3 is 5.97 Å². The second-order valence-corrected chi connectivity index (χ2v) is 5.48. The van der Waals surface area contributed by atoms with Crippen molar-refractivity contribution in [2.75, 3.05) is 6.54 Å². The topological polar surface area (TPSA) is 57.6 Å². The smallest absolute Gasteiger partial charge is 0.328 e. The van der Waals surface area contributed by atoms with Crippen LogP contribution in [0.15, 0.2) is 18.2 Å².